The summed E-state index contributed by atoms with van der Waals surface area (Å²) < 4.78 is 5.60. The van der Waals surface area contributed by atoms with E-state index in [9.17, 15) is 9.59 Å². The topological polar surface area (TPSA) is 58.6 Å². The van der Waals surface area contributed by atoms with E-state index in [0.717, 1.165) is 12.8 Å². The summed E-state index contributed by atoms with van der Waals surface area (Å²) in [5, 5.41) is 2.82. The van der Waals surface area contributed by atoms with Gasteiger partial charge in [0.05, 0.1) is 6.61 Å². The minimum absolute atomic E-state index is 0.0204. The van der Waals surface area contributed by atoms with Crippen LogP contribution in [0.2, 0.25) is 0 Å². The quantitative estimate of drug-likeness (QED) is 0.697. The largest absolute Gasteiger partial charge is 0.380 e. The zero-order valence-electron chi connectivity index (χ0n) is 14.1. The Bertz CT molecular complexity index is 367. The van der Waals surface area contributed by atoms with Crippen molar-refractivity contribution < 1.29 is 14.3 Å². The van der Waals surface area contributed by atoms with Gasteiger partial charge in [-0.05, 0) is 32.6 Å². The Morgan fingerprint density at radius 3 is 2.52 bits per heavy atom. The average Bonchev–Trinajstić information content (AvgIpc) is 2.38. The second-order valence-corrected chi connectivity index (χ2v) is 6.71. The van der Waals surface area contributed by atoms with E-state index in [-0.39, 0.29) is 17.9 Å². The first-order chi connectivity index (χ1) is 9.79. The van der Waals surface area contributed by atoms with E-state index in [0.29, 0.717) is 32.1 Å². The summed E-state index contributed by atoms with van der Waals surface area (Å²) in [6.07, 6.45) is 2.58. The van der Waals surface area contributed by atoms with Crippen molar-refractivity contribution in [2.45, 2.75) is 65.5 Å². The van der Waals surface area contributed by atoms with Crippen molar-refractivity contribution in [2.24, 2.45) is 5.92 Å². The highest BCUT2D eigenvalue weighted by atomic mass is 16.5. The van der Waals surface area contributed by atoms with Crippen LogP contribution in [0.1, 0.15) is 53.9 Å². The summed E-state index contributed by atoms with van der Waals surface area (Å²) in [5.74, 6) is 0.538. The predicted molar refractivity (Wildman–Crippen MR) is 82.9 cm³/mol. The normalized spacial score (nSPS) is 21.8. The molecule has 0 saturated carbocycles. The first-order valence-electron chi connectivity index (χ1n) is 8.00. The van der Waals surface area contributed by atoms with E-state index in [4.69, 9.17) is 4.74 Å². The third-order valence-corrected chi connectivity index (χ3v) is 3.79. The molecule has 1 saturated heterocycles. The second-order valence-electron chi connectivity index (χ2n) is 6.71. The van der Waals surface area contributed by atoms with Gasteiger partial charge in [0.25, 0.3) is 0 Å². The van der Waals surface area contributed by atoms with Crippen molar-refractivity contribution in [2.75, 3.05) is 19.8 Å². The molecule has 21 heavy (non-hydrogen) atoms. The summed E-state index contributed by atoms with van der Waals surface area (Å²) in [4.78, 5) is 26.4. The van der Waals surface area contributed by atoms with Crippen molar-refractivity contribution in [1.82, 2.24) is 10.2 Å². The minimum atomic E-state index is -0.820. The van der Waals surface area contributed by atoms with Crippen LogP contribution in [0.15, 0.2) is 0 Å². The van der Waals surface area contributed by atoms with Crippen molar-refractivity contribution >= 4 is 11.8 Å². The van der Waals surface area contributed by atoms with E-state index in [2.05, 4.69) is 19.2 Å². The van der Waals surface area contributed by atoms with Gasteiger partial charge in [0.1, 0.15) is 11.6 Å². The molecule has 122 valence electrons. The summed E-state index contributed by atoms with van der Waals surface area (Å²) in [6, 6.07) is -0.357. The Hall–Kier alpha value is -1.10. The summed E-state index contributed by atoms with van der Waals surface area (Å²) in [7, 11) is 0. The SMILES string of the molecule is CCCC1C(=O)NC(C)(C)C(=O)N1CCOCCC(C)C. The van der Waals surface area contributed by atoms with Crippen molar-refractivity contribution in [3.8, 4) is 0 Å². The molecule has 1 atom stereocenters. The fourth-order valence-corrected chi connectivity index (χ4v) is 2.49. The monoisotopic (exact) mass is 298 g/mol. The molecule has 1 heterocycles. The molecule has 0 bridgehead atoms. The van der Waals surface area contributed by atoms with Crippen molar-refractivity contribution in [3.05, 3.63) is 0 Å². The standard InChI is InChI=1S/C16H30N2O3/c1-6-7-13-14(19)17-16(4,5)15(20)18(13)9-11-21-10-8-12(2)3/h12-13H,6-11H2,1-5H3,(H,17,19). The highest BCUT2D eigenvalue weighted by Crippen LogP contribution is 2.20. The van der Waals surface area contributed by atoms with Gasteiger partial charge in [-0.2, -0.15) is 0 Å². The van der Waals surface area contributed by atoms with Gasteiger partial charge in [-0.3, -0.25) is 9.59 Å². The molecule has 1 unspecified atom stereocenters. The molecule has 5 heteroatoms. The number of hydrogen-bond acceptors (Lipinski definition) is 3. The molecule has 1 fully saturated rings. The van der Waals surface area contributed by atoms with Crippen LogP contribution in [-0.2, 0) is 14.3 Å². The summed E-state index contributed by atoms with van der Waals surface area (Å²) in [5.41, 5.74) is -0.820. The number of amides is 2. The van der Waals surface area contributed by atoms with Crippen LogP contribution in [0.3, 0.4) is 0 Å². The van der Waals surface area contributed by atoms with Gasteiger partial charge in [0.15, 0.2) is 0 Å². The molecule has 1 aliphatic rings. The van der Waals surface area contributed by atoms with Crippen LogP contribution >= 0.6 is 0 Å². The lowest BCUT2D eigenvalue weighted by Crippen LogP contribution is -2.68. The Morgan fingerprint density at radius 1 is 1.29 bits per heavy atom. The molecule has 0 spiro atoms. The molecule has 1 aliphatic heterocycles. The van der Waals surface area contributed by atoms with Crippen molar-refractivity contribution in [1.29, 1.82) is 0 Å². The first kappa shape index (κ1) is 18.0. The number of rotatable bonds is 8. The second kappa shape index (κ2) is 7.78. The van der Waals surface area contributed by atoms with Crippen LogP contribution in [0.5, 0.6) is 0 Å². The maximum absolute atomic E-state index is 12.5. The average molecular weight is 298 g/mol. The Kier molecular flexibility index (Phi) is 6.65. The molecular formula is C16H30N2O3. The molecule has 0 aromatic carbocycles. The van der Waals surface area contributed by atoms with E-state index in [1.807, 2.05) is 6.92 Å². The lowest BCUT2D eigenvalue weighted by atomic mass is 9.95. The highest BCUT2D eigenvalue weighted by Gasteiger charge is 2.44. The van der Waals surface area contributed by atoms with Crippen LogP contribution in [0.4, 0.5) is 0 Å². The molecule has 0 aromatic heterocycles. The zero-order valence-corrected chi connectivity index (χ0v) is 14.1. The van der Waals surface area contributed by atoms with Gasteiger partial charge in [-0.15, -0.1) is 0 Å². The third kappa shape index (κ3) is 4.99. The van der Waals surface area contributed by atoms with Gasteiger partial charge in [-0.1, -0.05) is 27.2 Å². The fourth-order valence-electron chi connectivity index (χ4n) is 2.49. The van der Waals surface area contributed by atoms with Crippen molar-refractivity contribution in [3.63, 3.8) is 0 Å². The summed E-state index contributed by atoms with van der Waals surface area (Å²) in [6.45, 7) is 11.5. The Morgan fingerprint density at radius 2 is 1.95 bits per heavy atom. The van der Waals surface area contributed by atoms with E-state index >= 15 is 0 Å². The smallest absolute Gasteiger partial charge is 0.248 e. The van der Waals surface area contributed by atoms with Gasteiger partial charge in [-0.25, -0.2) is 0 Å². The molecule has 5 nitrogen and oxygen atoms in total. The minimum Gasteiger partial charge on any atom is -0.380 e. The van der Waals surface area contributed by atoms with Crippen LogP contribution < -0.4 is 5.32 Å². The van der Waals surface area contributed by atoms with Crippen LogP contribution in [-0.4, -0.2) is 48.1 Å². The number of carbonyl (C=O) groups excluding carboxylic acids is 2. The van der Waals surface area contributed by atoms with E-state index < -0.39 is 5.54 Å². The predicted octanol–water partition coefficient (Wildman–Crippen LogP) is 1.95. The van der Waals surface area contributed by atoms with E-state index in [1.165, 1.54) is 0 Å². The Balaban J connectivity index is 2.59. The fraction of sp³-hybridized carbons (Fsp3) is 0.875. The van der Waals surface area contributed by atoms with Gasteiger partial charge in [0, 0.05) is 13.2 Å². The number of hydrogen-bond donors (Lipinski definition) is 1. The number of nitrogens with zero attached hydrogens (tertiary/aromatic N) is 1. The van der Waals surface area contributed by atoms with Gasteiger partial charge >= 0.3 is 0 Å². The number of ether oxygens (including phenoxy) is 1. The third-order valence-electron chi connectivity index (χ3n) is 3.79. The van der Waals surface area contributed by atoms with Gasteiger partial charge < -0.3 is 15.0 Å². The van der Waals surface area contributed by atoms with Crippen LogP contribution in [0, 0.1) is 5.92 Å². The Labute approximate surface area is 128 Å². The number of nitrogens with one attached hydrogen (secondary N) is 1. The maximum Gasteiger partial charge on any atom is 0.248 e. The lowest BCUT2D eigenvalue weighted by molar-refractivity contribution is -0.154. The maximum atomic E-state index is 12.5. The molecular weight excluding hydrogens is 268 g/mol. The molecule has 1 rings (SSSR count). The molecule has 2 amide bonds. The summed E-state index contributed by atoms with van der Waals surface area (Å²) >= 11 is 0. The number of piperazine rings is 1. The van der Waals surface area contributed by atoms with Crippen LogP contribution in [0.25, 0.3) is 0 Å². The molecule has 0 aliphatic carbocycles. The zero-order chi connectivity index (χ0) is 16.0. The van der Waals surface area contributed by atoms with Gasteiger partial charge in [0.2, 0.25) is 11.8 Å². The first-order valence-corrected chi connectivity index (χ1v) is 8.00. The molecule has 0 aromatic rings. The molecule has 0 radical (unpaired) electrons. The van der Waals surface area contributed by atoms with E-state index in [1.54, 1.807) is 18.7 Å². The lowest BCUT2D eigenvalue weighted by Gasteiger charge is -2.42. The number of carbonyl (C=O) groups is 2. The highest BCUT2D eigenvalue weighted by molar-refractivity contribution is 5.99. The molecule has 1 N–H and O–H groups in total.